The third-order valence-electron chi connectivity index (χ3n) is 9.92. The van der Waals surface area contributed by atoms with Crippen molar-refractivity contribution in [2.75, 3.05) is 75.7 Å². The lowest BCUT2D eigenvalue weighted by atomic mass is 9.83. The molecule has 3 aromatic carbocycles. The number of methoxy groups -OCH3 is 3. The minimum atomic E-state index is -0.345. The van der Waals surface area contributed by atoms with Crippen LogP contribution >= 0.6 is 0 Å². The number of piperazine rings is 1. The summed E-state index contributed by atoms with van der Waals surface area (Å²) in [5.41, 5.74) is 4.35. The van der Waals surface area contributed by atoms with Gasteiger partial charge >= 0.3 is 0 Å². The highest BCUT2D eigenvalue weighted by Gasteiger charge is 2.36. The molecule has 2 fully saturated rings. The van der Waals surface area contributed by atoms with Crippen molar-refractivity contribution in [2.24, 2.45) is 5.92 Å². The molecule has 0 aliphatic carbocycles. The number of nitrogens with one attached hydrogen (secondary N) is 1. The fourth-order valence-corrected chi connectivity index (χ4v) is 7.50. The van der Waals surface area contributed by atoms with Crippen LogP contribution in [0.2, 0.25) is 0 Å². The van der Waals surface area contributed by atoms with E-state index in [0.717, 1.165) is 35.8 Å². The lowest BCUT2D eigenvalue weighted by Crippen LogP contribution is -2.49. The third-order valence-corrected chi connectivity index (χ3v) is 9.92. The topological polar surface area (TPSA) is 106 Å². The first-order chi connectivity index (χ1) is 23.8. The first kappa shape index (κ1) is 32.1. The van der Waals surface area contributed by atoms with Gasteiger partial charge in [-0.1, -0.05) is 18.2 Å². The number of aromatic nitrogens is 1. The number of hydrogen-bond donors (Lipinski definition) is 1. The summed E-state index contributed by atoms with van der Waals surface area (Å²) in [6.07, 6.45) is 1.00. The quantitative estimate of drug-likeness (QED) is 0.289. The Kier molecular flexibility index (Phi) is 8.90. The minimum Gasteiger partial charge on any atom is -0.497 e. The Labute approximate surface area is 285 Å². The van der Waals surface area contributed by atoms with E-state index in [4.69, 9.17) is 14.2 Å². The molecule has 2 bridgehead atoms. The van der Waals surface area contributed by atoms with Crippen LogP contribution in [0.15, 0.2) is 83.7 Å². The summed E-state index contributed by atoms with van der Waals surface area (Å²) in [4.78, 5) is 46.8. The average Bonchev–Trinajstić information content (AvgIpc) is 3.14. The van der Waals surface area contributed by atoms with Crippen molar-refractivity contribution < 1.29 is 23.8 Å². The number of anilines is 3. The lowest BCUT2D eigenvalue weighted by molar-refractivity contribution is 0.0746. The number of carbonyl (C=O) groups is 2. The molecular formula is C38H41N5O6. The number of benzene rings is 3. The van der Waals surface area contributed by atoms with Gasteiger partial charge in [0.15, 0.2) is 0 Å². The summed E-state index contributed by atoms with van der Waals surface area (Å²) in [5, 5.41) is 3.12. The van der Waals surface area contributed by atoms with E-state index in [1.54, 1.807) is 51.7 Å². The Morgan fingerprint density at radius 2 is 1.47 bits per heavy atom. The number of piperidine rings is 1. The molecule has 4 aromatic rings. The largest absolute Gasteiger partial charge is 0.497 e. The van der Waals surface area contributed by atoms with Crippen molar-refractivity contribution >= 4 is 28.9 Å². The normalized spacial score (nSPS) is 18.4. The van der Waals surface area contributed by atoms with Gasteiger partial charge < -0.3 is 38.8 Å². The monoisotopic (exact) mass is 663 g/mol. The average molecular weight is 664 g/mol. The Balaban J connectivity index is 1.17. The van der Waals surface area contributed by atoms with Gasteiger partial charge in [0.2, 0.25) is 0 Å². The Hall–Kier alpha value is -5.45. The van der Waals surface area contributed by atoms with E-state index in [2.05, 4.69) is 15.1 Å². The van der Waals surface area contributed by atoms with Gasteiger partial charge in [-0.25, -0.2) is 0 Å². The van der Waals surface area contributed by atoms with E-state index in [-0.39, 0.29) is 29.2 Å². The molecule has 2 saturated heterocycles. The Morgan fingerprint density at radius 3 is 2.20 bits per heavy atom. The number of carbonyl (C=O) groups excluding carboxylic acids is 2. The van der Waals surface area contributed by atoms with Gasteiger partial charge in [0.1, 0.15) is 17.2 Å². The maximum absolute atomic E-state index is 13.9. The zero-order valence-corrected chi connectivity index (χ0v) is 28.1. The second kappa shape index (κ2) is 13.6. The summed E-state index contributed by atoms with van der Waals surface area (Å²) >= 11 is 0. The number of ether oxygens (including phenoxy) is 3. The van der Waals surface area contributed by atoms with Gasteiger partial charge in [0.05, 0.1) is 38.4 Å². The molecule has 3 aliphatic heterocycles. The summed E-state index contributed by atoms with van der Waals surface area (Å²) in [5.74, 6) is 1.82. The molecule has 11 heteroatoms. The summed E-state index contributed by atoms with van der Waals surface area (Å²) in [6.45, 7) is 4.53. The van der Waals surface area contributed by atoms with Crippen LogP contribution in [0.25, 0.3) is 0 Å². The number of nitrogens with zero attached hydrogens (tertiary/aromatic N) is 4. The number of amides is 2. The second-order valence-corrected chi connectivity index (χ2v) is 12.8. The lowest BCUT2D eigenvalue weighted by Gasteiger charge is -2.44. The molecule has 3 aliphatic rings. The Bertz CT molecular complexity index is 1910. The molecule has 1 aromatic heterocycles. The molecule has 4 heterocycles. The molecule has 7 rings (SSSR count). The first-order valence-electron chi connectivity index (χ1n) is 16.7. The van der Waals surface area contributed by atoms with Crippen LogP contribution in [0, 0.1) is 5.92 Å². The molecule has 2 atom stereocenters. The molecule has 1 N–H and O–H groups in total. The number of fused-ring (bicyclic) bond motifs is 4. The van der Waals surface area contributed by atoms with Crippen LogP contribution in [0.4, 0.5) is 17.1 Å². The van der Waals surface area contributed by atoms with Crippen LogP contribution in [-0.2, 0) is 6.54 Å². The fraction of sp³-hybridized carbons (Fsp3) is 0.342. The van der Waals surface area contributed by atoms with Crippen LogP contribution in [0.5, 0.6) is 17.2 Å². The van der Waals surface area contributed by atoms with E-state index in [1.165, 1.54) is 0 Å². The molecule has 49 heavy (non-hydrogen) atoms. The molecule has 0 radical (unpaired) electrons. The Morgan fingerprint density at radius 1 is 0.714 bits per heavy atom. The van der Waals surface area contributed by atoms with Gasteiger partial charge in [-0.3, -0.25) is 14.4 Å². The van der Waals surface area contributed by atoms with Gasteiger partial charge in [0, 0.05) is 80.7 Å². The number of para-hydroxylation sites is 2. The van der Waals surface area contributed by atoms with E-state index in [1.807, 2.05) is 58.0 Å². The highest BCUT2D eigenvalue weighted by atomic mass is 16.5. The maximum Gasteiger partial charge on any atom is 0.255 e. The van der Waals surface area contributed by atoms with Gasteiger partial charge in [-0.2, -0.15) is 0 Å². The van der Waals surface area contributed by atoms with Gasteiger partial charge in [-0.05, 0) is 60.9 Å². The van der Waals surface area contributed by atoms with E-state index >= 15 is 0 Å². The molecule has 0 unspecified atom stereocenters. The van der Waals surface area contributed by atoms with Crippen molar-refractivity contribution in [3.8, 4) is 17.2 Å². The molecule has 0 spiro atoms. The summed E-state index contributed by atoms with van der Waals surface area (Å²) in [6, 6.07) is 24.0. The van der Waals surface area contributed by atoms with Crippen LogP contribution in [0.1, 0.15) is 38.7 Å². The van der Waals surface area contributed by atoms with Crippen molar-refractivity contribution in [1.82, 2.24) is 9.47 Å². The molecule has 2 amide bonds. The fourth-order valence-electron chi connectivity index (χ4n) is 7.50. The first-order valence-corrected chi connectivity index (χ1v) is 16.7. The third kappa shape index (κ3) is 6.40. The van der Waals surface area contributed by atoms with Gasteiger partial charge in [0.25, 0.3) is 17.4 Å². The SMILES string of the molecule is COc1cc(OC)cc(C(=O)Nc2cc(C(=O)N3CCN(c4ccccc4OC)CC3)ccc2N2C[C@H]3C[C@@H](C2)c2cccc(=O)n2C3)c1. The zero-order chi connectivity index (χ0) is 34.1. The van der Waals surface area contributed by atoms with E-state index < -0.39 is 0 Å². The standard InChI is InChI=1S/C38H41N5O6/c1-47-29-18-27(19-30(21-29)48-2)37(45)39-31-20-26(38(46)41-15-13-40(14-16-41)34-7-4-5-9-35(34)49-3)11-12-33(31)42-22-25-17-28(24-42)32-8-6-10-36(44)43(32)23-25/h4-12,18-21,25,28H,13-17,22-24H2,1-3H3,(H,39,45)/t25-,28+/m1/s1. The van der Waals surface area contributed by atoms with E-state index in [9.17, 15) is 14.4 Å². The molecule has 254 valence electrons. The second-order valence-electron chi connectivity index (χ2n) is 12.8. The van der Waals surface area contributed by atoms with Crippen molar-refractivity contribution in [2.45, 2.75) is 18.9 Å². The number of hydrogen-bond acceptors (Lipinski definition) is 8. The predicted octanol–water partition coefficient (Wildman–Crippen LogP) is 4.71. The summed E-state index contributed by atoms with van der Waals surface area (Å²) in [7, 11) is 4.75. The van der Waals surface area contributed by atoms with Crippen molar-refractivity contribution in [3.05, 3.63) is 106 Å². The highest BCUT2D eigenvalue weighted by molar-refractivity contribution is 6.07. The maximum atomic E-state index is 13.9. The van der Waals surface area contributed by atoms with E-state index in [0.29, 0.717) is 67.6 Å². The van der Waals surface area contributed by atoms with Crippen LogP contribution < -0.4 is 34.9 Å². The highest BCUT2D eigenvalue weighted by Crippen LogP contribution is 2.40. The predicted molar refractivity (Wildman–Crippen MR) is 189 cm³/mol. The number of pyridine rings is 1. The van der Waals surface area contributed by atoms with Gasteiger partial charge in [-0.15, -0.1) is 0 Å². The van der Waals surface area contributed by atoms with Crippen LogP contribution in [-0.4, -0.2) is 81.9 Å². The van der Waals surface area contributed by atoms with Crippen LogP contribution in [0.3, 0.4) is 0 Å². The smallest absolute Gasteiger partial charge is 0.255 e. The summed E-state index contributed by atoms with van der Waals surface area (Å²) < 4.78 is 18.3. The van der Waals surface area contributed by atoms with Crippen molar-refractivity contribution in [1.29, 1.82) is 0 Å². The number of rotatable bonds is 8. The minimum absolute atomic E-state index is 0.0360. The molecular weight excluding hydrogens is 622 g/mol. The molecule has 0 saturated carbocycles. The zero-order valence-electron chi connectivity index (χ0n) is 28.1. The van der Waals surface area contributed by atoms with Crippen molar-refractivity contribution in [3.63, 3.8) is 0 Å². The molecule has 11 nitrogen and oxygen atoms in total.